The molecule has 5 heteroatoms. The monoisotopic (exact) mass is 725 g/mol. The minimum Gasteiger partial charge on any atom is -0.462 e. The van der Waals surface area contributed by atoms with Gasteiger partial charge in [0.1, 0.15) is 6.61 Å². The summed E-state index contributed by atoms with van der Waals surface area (Å²) in [6.07, 6.45) is 56.8. The van der Waals surface area contributed by atoms with Crippen LogP contribution in [-0.2, 0) is 19.1 Å². The first-order valence-electron chi connectivity index (χ1n) is 21.5. The molecule has 0 spiro atoms. The standard InChI is InChI=1S/C47H80O5/c1-3-5-7-9-11-13-15-17-19-21-23-25-27-29-31-33-35-37-39-41-46(49)51-44-45(43-48)52-47(50)42-40-38-36-34-32-30-28-26-24-22-20-18-16-14-12-10-8-6-4-2/h6,8,12,14,17-20,24,26,30,32,45,48H,3-5,7,9-11,13,15-16,21-23,25,27-29,31,33-44H2,1-2H3/b8-6-,14-12-,19-17-,20-18-,26-24-,32-30-/t45-/m0/s1. The molecule has 0 saturated heterocycles. The van der Waals surface area contributed by atoms with Crippen molar-refractivity contribution in [3.8, 4) is 0 Å². The molecule has 298 valence electrons. The van der Waals surface area contributed by atoms with Crippen LogP contribution >= 0.6 is 0 Å². The lowest BCUT2D eigenvalue weighted by Crippen LogP contribution is -2.28. The summed E-state index contributed by atoms with van der Waals surface area (Å²) in [5.41, 5.74) is 0. The van der Waals surface area contributed by atoms with Crippen LogP contribution in [0.3, 0.4) is 0 Å². The minimum atomic E-state index is -0.793. The summed E-state index contributed by atoms with van der Waals surface area (Å²) in [6.45, 7) is 3.99. The zero-order valence-electron chi connectivity index (χ0n) is 33.8. The van der Waals surface area contributed by atoms with E-state index in [1.165, 1.54) is 89.9 Å². The lowest BCUT2D eigenvalue weighted by Gasteiger charge is -2.15. The summed E-state index contributed by atoms with van der Waals surface area (Å²) in [6, 6.07) is 0. The van der Waals surface area contributed by atoms with Gasteiger partial charge >= 0.3 is 11.9 Å². The number of hydrogen-bond acceptors (Lipinski definition) is 5. The highest BCUT2D eigenvalue weighted by molar-refractivity contribution is 5.70. The highest BCUT2D eigenvalue weighted by Crippen LogP contribution is 2.13. The van der Waals surface area contributed by atoms with Gasteiger partial charge in [-0.05, 0) is 83.5 Å². The van der Waals surface area contributed by atoms with E-state index in [-0.39, 0.29) is 25.2 Å². The Labute approximate surface area is 321 Å². The summed E-state index contributed by atoms with van der Waals surface area (Å²) in [5, 5.41) is 9.58. The SMILES string of the molecule is CC/C=C\C/C=C\C/C=C\C/C=C\C/C=C\CCCCCC(=O)O[C@@H](CO)COC(=O)CCCCCCCCCCC/C=C\CCCCCCCC. The number of unbranched alkanes of at least 4 members (excludes halogenated alkanes) is 18. The van der Waals surface area contributed by atoms with Gasteiger partial charge in [0.2, 0.25) is 0 Å². The van der Waals surface area contributed by atoms with Crippen molar-refractivity contribution in [3.63, 3.8) is 0 Å². The molecule has 0 aromatic heterocycles. The molecule has 1 N–H and O–H groups in total. The van der Waals surface area contributed by atoms with Gasteiger partial charge in [-0.3, -0.25) is 9.59 Å². The fourth-order valence-corrected chi connectivity index (χ4v) is 5.75. The largest absolute Gasteiger partial charge is 0.462 e. The maximum Gasteiger partial charge on any atom is 0.306 e. The number of rotatable bonds is 38. The van der Waals surface area contributed by atoms with Crippen molar-refractivity contribution in [3.05, 3.63) is 72.9 Å². The molecule has 0 aliphatic carbocycles. The van der Waals surface area contributed by atoms with Crippen molar-refractivity contribution in [1.29, 1.82) is 0 Å². The molecule has 0 fully saturated rings. The van der Waals surface area contributed by atoms with Crippen molar-refractivity contribution < 1.29 is 24.2 Å². The van der Waals surface area contributed by atoms with Gasteiger partial charge in [-0.1, -0.05) is 170 Å². The number of esters is 2. The molecule has 1 atom stereocenters. The summed E-state index contributed by atoms with van der Waals surface area (Å²) in [5.74, 6) is -0.633. The Balaban J connectivity index is 3.62. The lowest BCUT2D eigenvalue weighted by atomic mass is 10.1. The molecular formula is C47H80O5. The zero-order chi connectivity index (χ0) is 37.8. The highest BCUT2D eigenvalue weighted by atomic mass is 16.6. The molecule has 0 saturated carbocycles. The normalized spacial score (nSPS) is 12.9. The Morgan fingerprint density at radius 2 is 0.827 bits per heavy atom. The van der Waals surface area contributed by atoms with Crippen LogP contribution < -0.4 is 0 Å². The van der Waals surface area contributed by atoms with Crippen LogP contribution in [-0.4, -0.2) is 36.4 Å². The fourth-order valence-electron chi connectivity index (χ4n) is 5.75. The molecule has 0 amide bonds. The van der Waals surface area contributed by atoms with Gasteiger partial charge in [0.25, 0.3) is 0 Å². The lowest BCUT2D eigenvalue weighted by molar-refractivity contribution is -0.161. The first kappa shape index (κ1) is 49.3. The molecular weight excluding hydrogens is 645 g/mol. The maximum atomic E-state index is 12.2. The molecule has 0 heterocycles. The Bertz CT molecular complexity index is 957. The van der Waals surface area contributed by atoms with E-state index in [0.29, 0.717) is 12.8 Å². The van der Waals surface area contributed by atoms with Crippen molar-refractivity contribution in [2.45, 2.75) is 200 Å². The fraction of sp³-hybridized carbons (Fsp3) is 0.702. The quantitative estimate of drug-likeness (QED) is 0.0390. The van der Waals surface area contributed by atoms with Gasteiger partial charge in [0.15, 0.2) is 6.10 Å². The molecule has 0 aromatic rings. The summed E-state index contributed by atoms with van der Waals surface area (Å²) in [4.78, 5) is 24.3. The van der Waals surface area contributed by atoms with Crippen LogP contribution in [0, 0.1) is 0 Å². The number of hydrogen-bond donors (Lipinski definition) is 1. The van der Waals surface area contributed by atoms with E-state index >= 15 is 0 Å². The molecule has 0 bridgehead atoms. The Morgan fingerprint density at radius 1 is 0.462 bits per heavy atom. The van der Waals surface area contributed by atoms with E-state index in [1.54, 1.807) is 0 Å². The van der Waals surface area contributed by atoms with Crippen molar-refractivity contribution >= 4 is 11.9 Å². The number of allylic oxidation sites excluding steroid dienone is 12. The van der Waals surface area contributed by atoms with E-state index in [2.05, 4.69) is 86.8 Å². The van der Waals surface area contributed by atoms with Crippen molar-refractivity contribution in [2.24, 2.45) is 0 Å². The summed E-state index contributed by atoms with van der Waals surface area (Å²) in [7, 11) is 0. The molecule has 0 rings (SSSR count). The smallest absolute Gasteiger partial charge is 0.306 e. The van der Waals surface area contributed by atoms with Crippen LogP contribution in [0.4, 0.5) is 0 Å². The Kier molecular flexibility index (Phi) is 40.6. The summed E-state index contributed by atoms with van der Waals surface area (Å²) >= 11 is 0. The number of aliphatic hydroxyl groups excluding tert-OH is 1. The molecule has 0 aliphatic heterocycles. The second-order valence-electron chi connectivity index (χ2n) is 14.0. The van der Waals surface area contributed by atoms with Gasteiger partial charge in [-0.15, -0.1) is 0 Å². The van der Waals surface area contributed by atoms with Gasteiger partial charge in [-0.2, -0.15) is 0 Å². The van der Waals surface area contributed by atoms with Crippen LogP contribution in [0.1, 0.15) is 194 Å². The zero-order valence-corrected chi connectivity index (χ0v) is 33.8. The van der Waals surface area contributed by atoms with Crippen LogP contribution in [0.25, 0.3) is 0 Å². The van der Waals surface area contributed by atoms with Gasteiger partial charge in [-0.25, -0.2) is 0 Å². The number of aliphatic hydroxyl groups is 1. The van der Waals surface area contributed by atoms with E-state index in [0.717, 1.165) is 77.0 Å². The molecule has 0 radical (unpaired) electrons. The van der Waals surface area contributed by atoms with E-state index < -0.39 is 6.10 Å². The summed E-state index contributed by atoms with van der Waals surface area (Å²) < 4.78 is 10.6. The van der Waals surface area contributed by atoms with Crippen LogP contribution in [0.15, 0.2) is 72.9 Å². The maximum absolute atomic E-state index is 12.2. The second kappa shape index (κ2) is 42.8. The van der Waals surface area contributed by atoms with Crippen molar-refractivity contribution in [1.82, 2.24) is 0 Å². The van der Waals surface area contributed by atoms with E-state index in [9.17, 15) is 14.7 Å². The van der Waals surface area contributed by atoms with E-state index in [1.807, 2.05) is 0 Å². The van der Waals surface area contributed by atoms with Crippen molar-refractivity contribution in [2.75, 3.05) is 13.2 Å². The number of ether oxygens (including phenoxy) is 2. The second-order valence-corrected chi connectivity index (χ2v) is 14.0. The average Bonchev–Trinajstić information content (AvgIpc) is 3.15. The van der Waals surface area contributed by atoms with Gasteiger partial charge in [0.05, 0.1) is 6.61 Å². The predicted molar refractivity (Wildman–Crippen MR) is 223 cm³/mol. The molecule has 0 aliphatic rings. The molecule has 5 nitrogen and oxygen atoms in total. The van der Waals surface area contributed by atoms with Crippen LogP contribution in [0.5, 0.6) is 0 Å². The van der Waals surface area contributed by atoms with E-state index in [4.69, 9.17) is 9.47 Å². The third kappa shape index (κ3) is 40.1. The topological polar surface area (TPSA) is 72.8 Å². The third-order valence-electron chi connectivity index (χ3n) is 8.98. The first-order chi connectivity index (χ1) is 25.6. The highest BCUT2D eigenvalue weighted by Gasteiger charge is 2.16. The number of carbonyl (C=O) groups excluding carboxylic acids is 2. The Hall–Kier alpha value is -2.66. The predicted octanol–water partition coefficient (Wildman–Crippen LogP) is 13.7. The minimum absolute atomic E-state index is 0.0833. The Morgan fingerprint density at radius 3 is 1.29 bits per heavy atom. The molecule has 0 unspecified atom stereocenters. The number of carbonyl (C=O) groups is 2. The third-order valence-corrected chi connectivity index (χ3v) is 8.98. The van der Waals surface area contributed by atoms with Gasteiger partial charge in [0, 0.05) is 12.8 Å². The first-order valence-corrected chi connectivity index (χ1v) is 21.5. The molecule has 52 heavy (non-hydrogen) atoms. The average molecular weight is 725 g/mol. The molecule has 0 aromatic carbocycles. The van der Waals surface area contributed by atoms with Gasteiger partial charge < -0.3 is 14.6 Å². The van der Waals surface area contributed by atoms with Crippen LogP contribution in [0.2, 0.25) is 0 Å².